The van der Waals surface area contributed by atoms with Gasteiger partial charge in [0.2, 0.25) is 0 Å². The smallest absolute Gasteiger partial charge is 0.121 e. The molecule has 0 spiro atoms. The van der Waals surface area contributed by atoms with Crippen molar-refractivity contribution in [1.29, 1.82) is 0 Å². The van der Waals surface area contributed by atoms with E-state index in [1.54, 1.807) is 36.3 Å². The zero-order valence-electron chi connectivity index (χ0n) is 17.3. The molecule has 0 aliphatic carbocycles. The minimum atomic E-state index is -1.19. The predicted molar refractivity (Wildman–Crippen MR) is 116 cm³/mol. The van der Waals surface area contributed by atoms with Crippen LogP contribution < -0.4 is 5.32 Å². The van der Waals surface area contributed by atoms with E-state index >= 15 is 0 Å². The van der Waals surface area contributed by atoms with Gasteiger partial charge < -0.3 is 9.55 Å². The number of hydrogen-bond acceptors (Lipinski definition) is 2. The summed E-state index contributed by atoms with van der Waals surface area (Å²) in [5, 5.41) is 3.58. The molecule has 143 valence electrons. The fraction of sp³-hybridized carbons (Fsp3) is 0.950. The van der Waals surface area contributed by atoms with Crippen LogP contribution in [0.2, 0.25) is 36.3 Å². The van der Waals surface area contributed by atoms with Crippen molar-refractivity contribution in [2.75, 3.05) is 19.6 Å². The van der Waals surface area contributed by atoms with E-state index in [0.717, 1.165) is 13.0 Å². The molecule has 1 aliphatic heterocycles. The molecule has 1 fully saturated rings. The van der Waals surface area contributed by atoms with Crippen molar-refractivity contribution in [3.05, 3.63) is 6.92 Å². The molecule has 1 rings (SSSR count). The summed E-state index contributed by atoms with van der Waals surface area (Å²) < 4.78 is 3.31. The Bertz CT molecular complexity index is 287. The highest BCUT2D eigenvalue weighted by molar-refractivity contribution is 6.97. The first-order valence-electron chi connectivity index (χ1n) is 10.9. The average molecular weight is 370 g/mol. The molecule has 0 aromatic carbocycles. The van der Waals surface area contributed by atoms with Crippen molar-refractivity contribution in [3.8, 4) is 0 Å². The molecule has 1 aliphatic rings. The zero-order chi connectivity index (χ0) is 17.9. The van der Waals surface area contributed by atoms with E-state index in [9.17, 15) is 0 Å². The number of nitrogens with one attached hydrogen (secondary N) is 1. The van der Waals surface area contributed by atoms with Crippen LogP contribution in [0, 0.1) is 6.92 Å². The fourth-order valence-corrected chi connectivity index (χ4v) is 23.3. The van der Waals surface area contributed by atoms with Crippen molar-refractivity contribution < 1.29 is 0 Å². The SMILES string of the molecule is [CH2]CCNCCCN1[Si](CCC)(CCC)CC[Si]1(CCC)CCC. The van der Waals surface area contributed by atoms with Gasteiger partial charge in [0.15, 0.2) is 0 Å². The Labute approximate surface area is 155 Å². The van der Waals surface area contributed by atoms with Gasteiger partial charge in [0.25, 0.3) is 0 Å². The molecule has 1 N–H and O–H groups in total. The Morgan fingerprint density at radius 3 is 1.62 bits per heavy atom. The van der Waals surface area contributed by atoms with E-state index in [0.29, 0.717) is 0 Å². The standard InChI is InChI=1S/C20H45N2Si2/c1-6-12-21-13-11-14-22-23(15-7-2,16-8-3)19-20-24(22,17-9-4)18-10-5/h21H,1,6-20H2,2-5H3. The van der Waals surface area contributed by atoms with Gasteiger partial charge in [0.05, 0.1) is 0 Å². The predicted octanol–water partition coefficient (Wildman–Crippen LogP) is 6.04. The van der Waals surface area contributed by atoms with Crippen LogP contribution in [0.5, 0.6) is 0 Å². The van der Waals surface area contributed by atoms with Gasteiger partial charge in [-0.25, -0.2) is 0 Å². The van der Waals surface area contributed by atoms with E-state index in [1.807, 2.05) is 0 Å². The Kier molecular flexibility index (Phi) is 11.1. The minimum absolute atomic E-state index is 1.01. The van der Waals surface area contributed by atoms with Gasteiger partial charge in [-0.15, -0.1) is 0 Å². The summed E-state index contributed by atoms with van der Waals surface area (Å²) in [5.74, 6) is 0. The summed E-state index contributed by atoms with van der Waals surface area (Å²) in [7, 11) is -2.37. The molecule has 1 saturated heterocycles. The molecule has 0 unspecified atom stereocenters. The second kappa shape index (κ2) is 11.9. The second-order valence-electron chi connectivity index (χ2n) is 8.06. The lowest BCUT2D eigenvalue weighted by atomic mass is 10.4. The van der Waals surface area contributed by atoms with Gasteiger partial charge in [-0.05, 0) is 68.7 Å². The number of rotatable bonds is 14. The van der Waals surface area contributed by atoms with Gasteiger partial charge in [0, 0.05) is 0 Å². The van der Waals surface area contributed by atoms with E-state index in [4.69, 9.17) is 0 Å². The molecule has 0 bridgehead atoms. The van der Waals surface area contributed by atoms with Crippen LogP contribution in [0.25, 0.3) is 0 Å². The Morgan fingerprint density at radius 1 is 0.792 bits per heavy atom. The summed E-state index contributed by atoms with van der Waals surface area (Å²) in [4.78, 5) is 0. The first-order chi connectivity index (χ1) is 11.6. The van der Waals surface area contributed by atoms with Crippen LogP contribution in [0.1, 0.15) is 66.2 Å². The van der Waals surface area contributed by atoms with E-state index in [-0.39, 0.29) is 0 Å². The first-order valence-corrected chi connectivity index (χ1v) is 16.1. The molecule has 0 saturated carbocycles. The third-order valence-corrected chi connectivity index (χ3v) is 20.3. The molecule has 2 nitrogen and oxygen atoms in total. The summed E-state index contributed by atoms with van der Waals surface area (Å²) in [6.45, 7) is 17.3. The molecule has 0 atom stereocenters. The fourth-order valence-electron chi connectivity index (χ4n) is 5.48. The van der Waals surface area contributed by atoms with E-state index < -0.39 is 16.5 Å². The quantitative estimate of drug-likeness (QED) is 0.297. The molecular formula is C20H45N2Si2. The van der Waals surface area contributed by atoms with Crippen LogP contribution in [-0.4, -0.2) is 40.3 Å². The summed E-state index contributed by atoms with van der Waals surface area (Å²) in [5.41, 5.74) is 0. The summed E-state index contributed by atoms with van der Waals surface area (Å²) in [6, 6.07) is 9.52. The second-order valence-corrected chi connectivity index (χ2v) is 17.5. The first kappa shape index (κ1) is 22.4. The maximum atomic E-state index is 3.95. The minimum Gasteiger partial charge on any atom is -0.345 e. The third-order valence-electron chi connectivity index (χ3n) is 6.15. The Morgan fingerprint density at radius 2 is 1.25 bits per heavy atom. The zero-order valence-corrected chi connectivity index (χ0v) is 19.3. The van der Waals surface area contributed by atoms with Crippen molar-refractivity contribution >= 4 is 16.5 Å². The Hall–Kier alpha value is 0.354. The largest absolute Gasteiger partial charge is 0.345 e. The molecule has 24 heavy (non-hydrogen) atoms. The number of nitrogens with zero attached hydrogens (tertiary/aromatic N) is 1. The van der Waals surface area contributed by atoms with Crippen molar-refractivity contribution in [2.24, 2.45) is 0 Å². The lowest BCUT2D eigenvalue weighted by Gasteiger charge is -2.46. The van der Waals surface area contributed by atoms with Crippen molar-refractivity contribution in [3.63, 3.8) is 0 Å². The van der Waals surface area contributed by atoms with Crippen LogP contribution in [0.15, 0.2) is 0 Å². The molecule has 1 heterocycles. The Balaban J connectivity index is 2.92. The highest BCUT2D eigenvalue weighted by Gasteiger charge is 2.54. The maximum absolute atomic E-state index is 3.95. The lowest BCUT2D eigenvalue weighted by molar-refractivity contribution is 0.536. The molecule has 0 amide bonds. The summed E-state index contributed by atoms with van der Waals surface area (Å²) in [6.07, 6.45) is 8.00. The van der Waals surface area contributed by atoms with Crippen LogP contribution in [-0.2, 0) is 0 Å². The molecule has 4 heteroatoms. The lowest BCUT2D eigenvalue weighted by Crippen LogP contribution is -2.60. The van der Waals surface area contributed by atoms with Crippen LogP contribution in [0.3, 0.4) is 0 Å². The topological polar surface area (TPSA) is 15.3 Å². The molecule has 0 aromatic heterocycles. The van der Waals surface area contributed by atoms with Crippen LogP contribution in [0.4, 0.5) is 0 Å². The molecule has 1 radical (unpaired) electrons. The van der Waals surface area contributed by atoms with E-state index in [1.165, 1.54) is 45.2 Å². The summed E-state index contributed by atoms with van der Waals surface area (Å²) >= 11 is 0. The normalized spacial score (nSPS) is 19.9. The van der Waals surface area contributed by atoms with Crippen LogP contribution >= 0.6 is 0 Å². The van der Waals surface area contributed by atoms with Gasteiger partial charge in [0.1, 0.15) is 16.5 Å². The highest BCUT2D eigenvalue weighted by Crippen LogP contribution is 2.47. The monoisotopic (exact) mass is 369 g/mol. The highest BCUT2D eigenvalue weighted by atomic mass is 28.4. The average Bonchev–Trinajstić information content (AvgIpc) is 2.83. The van der Waals surface area contributed by atoms with E-state index in [2.05, 4.69) is 44.2 Å². The van der Waals surface area contributed by atoms with Gasteiger partial charge in [-0.2, -0.15) is 0 Å². The number of hydrogen-bond donors (Lipinski definition) is 1. The van der Waals surface area contributed by atoms with Gasteiger partial charge >= 0.3 is 0 Å². The molecular weight excluding hydrogens is 324 g/mol. The van der Waals surface area contributed by atoms with Gasteiger partial charge in [-0.3, -0.25) is 0 Å². The van der Waals surface area contributed by atoms with Crippen molar-refractivity contribution in [1.82, 2.24) is 9.55 Å². The molecule has 0 aromatic rings. The van der Waals surface area contributed by atoms with Crippen molar-refractivity contribution in [2.45, 2.75) is 102 Å². The maximum Gasteiger partial charge on any atom is 0.121 e. The third kappa shape index (κ3) is 5.68. The van der Waals surface area contributed by atoms with Gasteiger partial charge in [-0.1, -0.05) is 60.3 Å².